The molecule has 0 amide bonds. The molecule has 0 heterocycles. The summed E-state index contributed by atoms with van der Waals surface area (Å²) in [6.07, 6.45) is 0. The second-order valence-electron chi connectivity index (χ2n) is 6.12. The highest BCUT2D eigenvalue weighted by atomic mass is 32.2. The van der Waals surface area contributed by atoms with Gasteiger partial charge in [0.2, 0.25) is 10.0 Å². The number of benzene rings is 2. The Labute approximate surface area is 176 Å². The van der Waals surface area contributed by atoms with E-state index in [2.05, 4.69) is 4.72 Å². The molecule has 11 heteroatoms. The first kappa shape index (κ1) is 23.6. The number of ether oxygens (including phenoxy) is 1. The maximum atomic E-state index is 13.0. The predicted octanol–water partition coefficient (Wildman–Crippen LogP) is 2.61. The van der Waals surface area contributed by atoms with Crippen LogP contribution in [0.5, 0.6) is 5.75 Å². The van der Waals surface area contributed by atoms with Crippen molar-refractivity contribution in [1.29, 1.82) is 0 Å². The smallest absolute Gasteiger partial charge is 0.335 e. The molecule has 0 saturated carbocycles. The SMILES string of the molecule is CCOc1ccc(NS(=O)(=O)c2cccc(C(=O)O)c2)cc1S(=O)(=O)N(CC)CC. The van der Waals surface area contributed by atoms with Gasteiger partial charge in [0, 0.05) is 13.1 Å². The summed E-state index contributed by atoms with van der Waals surface area (Å²) in [6, 6.07) is 8.80. The largest absolute Gasteiger partial charge is 0.492 e. The van der Waals surface area contributed by atoms with E-state index in [1.807, 2.05) is 0 Å². The molecule has 0 fully saturated rings. The van der Waals surface area contributed by atoms with Crippen molar-refractivity contribution in [3.05, 3.63) is 48.0 Å². The lowest BCUT2D eigenvalue weighted by Crippen LogP contribution is -2.31. The van der Waals surface area contributed by atoms with Crippen molar-refractivity contribution in [2.75, 3.05) is 24.4 Å². The highest BCUT2D eigenvalue weighted by Crippen LogP contribution is 2.31. The van der Waals surface area contributed by atoms with Crippen LogP contribution < -0.4 is 9.46 Å². The van der Waals surface area contributed by atoms with Crippen LogP contribution in [0.3, 0.4) is 0 Å². The summed E-state index contributed by atoms with van der Waals surface area (Å²) in [5.41, 5.74) is -0.181. The van der Waals surface area contributed by atoms with Crippen molar-refractivity contribution in [2.24, 2.45) is 0 Å². The van der Waals surface area contributed by atoms with E-state index in [9.17, 15) is 21.6 Å². The minimum atomic E-state index is -4.15. The van der Waals surface area contributed by atoms with Gasteiger partial charge in [0.1, 0.15) is 10.6 Å². The van der Waals surface area contributed by atoms with Gasteiger partial charge in [0.25, 0.3) is 10.0 Å². The van der Waals surface area contributed by atoms with E-state index in [0.717, 1.165) is 6.07 Å². The second-order valence-corrected chi connectivity index (χ2v) is 9.71. The van der Waals surface area contributed by atoms with Crippen molar-refractivity contribution in [2.45, 2.75) is 30.6 Å². The van der Waals surface area contributed by atoms with Gasteiger partial charge in [-0.05, 0) is 43.3 Å². The first-order valence-corrected chi connectivity index (χ1v) is 12.1. The summed E-state index contributed by atoms with van der Waals surface area (Å²) in [4.78, 5) is 10.7. The molecular formula is C19H24N2O7S2. The Kier molecular flexibility index (Phi) is 7.45. The number of aromatic carboxylic acids is 1. The van der Waals surface area contributed by atoms with Crippen LogP contribution in [0.2, 0.25) is 0 Å². The molecule has 2 aromatic rings. The highest BCUT2D eigenvalue weighted by molar-refractivity contribution is 7.92. The van der Waals surface area contributed by atoms with Crippen molar-refractivity contribution in [3.8, 4) is 5.75 Å². The van der Waals surface area contributed by atoms with E-state index >= 15 is 0 Å². The number of nitrogens with zero attached hydrogens (tertiary/aromatic N) is 1. The van der Waals surface area contributed by atoms with E-state index in [4.69, 9.17) is 9.84 Å². The number of anilines is 1. The van der Waals surface area contributed by atoms with E-state index in [0.29, 0.717) is 0 Å². The quantitative estimate of drug-likeness (QED) is 0.562. The molecule has 0 aliphatic rings. The molecule has 0 aliphatic heterocycles. The molecule has 0 saturated heterocycles. The molecule has 0 aromatic heterocycles. The number of carboxylic acids is 1. The number of hydrogen-bond donors (Lipinski definition) is 2. The Balaban J connectivity index is 2.51. The normalized spacial score (nSPS) is 12.0. The average Bonchev–Trinajstić information content (AvgIpc) is 2.69. The third-order valence-corrected chi connectivity index (χ3v) is 7.66. The maximum absolute atomic E-state index is 13.0. The van der Waals surface area contributed by atoms with Gasteiger partial charge in [-0.25, -0.2) is 21.6 Å². The fraction of sp³-hybridized carbons (Fsp3) is 0.316. The lowest BCUT2D eigenvalue weighted by molar-refractivity contribution is 0.0696. The van der Waals surface area contributed by atoms with Gasteiger partial charge in [0.05, 0.1) is 22.8 Å². The van der Waals surface area contributed by atoms with Crippen molar-refractivity contribution >= 4 is 31.7 Å². The Morgan fingerprint density at radius 3 is 2.27 bits per heavy atom. The van der Waals surface area contributed by atoms with Gasteiger partial charge < -0.3 is 9.84 Å². The summed E-state index contributed by atoms with van der Waals surface area (Å²) in [7, 11) is -8.07. The zero-order chi connectivity index (χ0) is 22.5. The lowest BCUT2D eigenvalue weighted by atomic mass is 10.2. The first-order valence-electron chi connectivity index (χ1n) is 9.20. The number of nitrogens with one attached hydrogen (secondary N) is 1. The van der Waals surface area contributed by atoms with Gasteiger partial charge in [-0.1, -0.05) is 19.9 Å². The summed E-state index contributed by atoms with van der Waals surface area (Å²) in [5, 5.41) is 9.07. The second kappa shape index (κ2) is 9.45. The Morgan fingerprint density at radius 2 is 1.70 bits per heavy atom. The summed E-state index contributed by atoms with van der Waals surface area (Å²) >= 11 is 0. The van der Waals surface area contributed by atoms with Gasteiger partial charge in [-0.2, -0.15) is 4.31 Å². The number of sulfonamides is 2. The van der Waals surface area contributed by atoms with Crippen LogP contribution in [0.1, 0.15) is 31.1 Å². The molecule has 0 atom stereocenters. The maximum Gasteiger partial charge on any atom is 0.335 e. The van der Waals surface area contributed by atoms with Crippen LogP contribution >= 0.6 is 0 Å². The van der Waals surface area contributed by atoms with Crippen molar-refractivity contribution in [1.82, 2.24) is 4.31 Å². The molecule has 9 nitrogen and oxygen atoms in total. The van der Waals surface area contributed by atoms with Crippen LogP contribution in [0.25, 0.3) is 0 Å². The third-order valence-electron chi connectivity index (χ3n) is 4.21. The van der Waals surface area contributed by atoms with Crippen LogP contribution in [-0.4, -0.2) is 51.9 Å². The summed E-state index contributed by atoms with van der Waals surface area (Å²) in [5.74, 6) is -1.15. The van der Waals surface area contributed by atoms with E-state index in [-0.39, 0.29) is 46.5 Å². The predicted molar refractivity (Wildman–Crippen MR) is 112 cm³/mol. The van der Waals surface area contributed by atoms with E-state index in [1.165, 1.54) is 40.7 Å². The molecule has 0 unspecified atom stereocenters. The van der Waals surface area contributed by atoms with Gasteiger partial charge in [-0.15, -0.1) is 0 Å². The summed E-state index contributed by atoms with van der Waals surface area (Å²) in [6.45, 7) is 5.81. The Hall–Kier alpha value is -2.63. The standard InChI is InChI=1S/C19H24N2O7S2/c1-4-21(5-2)30(26,27)18-13-15(10-11-17(18)28-6-3)20-29(24,25)16-9-7-8-14(12-16)19(22)23/h7-13,20H,4-6H2,1-3H3,(H,22,23). The molecule has 2 rings (SSSR count). The molecule has 0 aliphatic carbocycles. The topological polar surface area (TPSA) is 130 Å². The van der Waals surface area contributed by atoms with Gasteiger partial charge in [0.15, 0.2) is 0 Å². The molecule has 2 aromatic carbocycles. The van der Waals surface area contributed by atoms with Crippen molar-refractivity contribution < 1.29 is 31.5 Å². The number of carboxylic acid groups (broad SMARTS) is 1. The molecule has 30 heavy (non-hydrogen) atoms. The Morgan fingerprint density at radius 1 is 1.03 bits per heavy atom. The molecule has 0 spiro atoms. The lowest BCUT2D eigenvalue weighted by Gasteiger charge is -2.21. The Bertz CT molecular complexity index is 1130. The van der Waals surface area contributed by atoms with Crippen LogP contribution in [0.15, 0.2) is 52.3 Å². The molecular weight excluding hydrogens is 432 g/mol. The van der Waals surface area contributed by atoms with E-state index < -0.39 is 26.0 Å². The number of carbonyl (C=O) groups is 1. The molecule has 0 radical (unpaired) electrons. The third kappa shape index (κ3) is 5.10. The monoisotopic (exact) mass is 456 g/mol. The van der Waals surface area contributed by atoms with Crippen LogP contribution in [-0.2, 0) is 20.0 Å². The number of hydrogen-bond acceptors (Lipinski definition) is 6. The minimum absolute atomic E-state index is 0.00455. The summed E-state index contributed by atoms with van der Waals surface area (Å²) < 4.78 is 60.4. The van der Waals surface area contributed by atoms with Gasteiger partial charge >= 0.3 is 5.97 Å². The van der Waals surface area contributed by atoms with Crippen molar-refractivity contribution in [3.63, 3.8) is 0 Å². The molecule has 0 bridgehead atoms. The van der Waals surface area contributed by atoms with Gasteiger partial charge in [-0.3, -0.25) is 4.72 Å². The zero-order valence-corrected chi connectivity index (χ0v) is 18.5. The molecule has 2 N–H and O–H groups in total. The number of rotatable bonds is 10. The minimum Gasteiger partial charge on any atom is -0.492 e. The first-order chi connectivity index (χ1) is 14.1. The fourth-order valence-electron chi connectivity index (χ4n) is 2.76. The van der Waals surface area contributed by atoms with E-state index in [1.54, 1.807) is 20.8 Å². The zero-order valence-electron chi connectivity index (χ0n) is 16.8. The molecule has 164 valence electrons. The van der Waals surface area contributed by atoms with Crippen LogP contribution in [0, 0.1) is 0 Å². The highest BCUT2D eigenvalue weighted by Gasteiger charge is 2.27. The average molecular weight is 457 g/mol. The fourth-order valence-corrected chi connectivity index (χ4v) is 5.47. The van der Waals surface area contributed by atoms with Crippen LogP contribution in [0.4, 0.5) is 5.69 Å².